The lowest BCUT2D eigenvalue weighted by Crippen LogP contribution is -2.36. The van der Waals surface area contributed by atoms with Crippen molar-refractivity contribution in [1.29, 1.82) is 0 Å². The van der Waals surface area contributed by atoms with Gasteiger partial charge in [0.2, 0.25) is 0 Å². The molecule has 5 heteroatoms. The van der Waals surface area contributed by atoms with Gasteiger partial charge in [0.15, 0.2) is 0 Å². The standard InChI is InChI=1S/C12H23N5/c1-9(8-13)14-10(2)12-16-15-11-6-4-3-5-7-17(11)12/h9-10,14H,3-8,13H2,1-2H3. The third-order valence-electron chi connectivity index (χ3n) is 3.41. The average molecular weight is 237 g/mol. The van der Waals surface area contributed by atoms with E-state index in [1.807, 2.05) is 0 Å². The summed E-state index contributed by atoms with van der Waals surface area (Å²) in [6.45, 7) is 5.93. The van der Waals surface area contributed by atoms with Gasteiger partial charge in [-0.25, -0.2) is 0 Å². The number of fused-ring (bicyclic) bond motifs is 1. The van der Waals surface area contributed by atoms with Gasteiger partial charge in [-0.1, -0.05) is 6.42 Å². The molecular weight excluding hydrogens is 214 g/mol. The van der Waals surface area contributed by atoms with Crippen molar-refractivity contribution < 1.29 is 0 Å². The van der Waals surface area contributed by atoms with Gasteiger partial charge < -0.3 is 15.6 Å². The monoisotopic (exact) mass is 237 g/mol. The molecule has 96 valence electrons. The van der Waals surface area contributed by atoms with Crippen molar-refractivity contribution in [2.75, 3.05) is 6.54 Å². The molecule has 0 saturated carbocycles. The molecule has 0 amide bonds. The maximum atomic E-state index is 5.63. The van der Waals surface area contributed by atoms with Crippen molar-refractivity contribution >= 4 is 0 Å². The second kappa shape index (κ2) is 5.60. The molecule has 1 aromatic rings. The molecule has 3 N–H and O–H groups in total. The Morgan fingerprint density at radius 2 is 2.12 bits per heavy atom. The van der Waals surface area contributed by atoms with Gasteiger partial charge in [0, 0.05) is 25.6 Å². The second-order valence-corrected chi connectivity index (χ2v) is 4.96. The van der Waals surface area contributed by atoms with Crippen LogP contribution in [0.2, 0.25) is 0 Å². The summed E-state index contributed by atoms with van der Waals surface area (Å²) >= 11 is 0. The minimum atomic E-state index is 0.216. The van der Waals surface area contributed by atoms with Gasteiger partial charge in [0.1, 0.15) is 11.6 Å². The van der Waals surface area contributed by atoms with Crippen LogP contribution in [0.1, 0.15) is 50.8 Å². The number of nitrogens with zero attached hydrogens (tertiary/aromatic N) is 3. The Labute approximate surface area is 103 Å². The highest BCUT2D eigenvalue weighted by atomic mass is 15.3. The molecule has 17 heavy (non-hydrogen) atoms. The highest BCUT2D eigenvalue weighted by Crippen LogP contribution is 2.18. The van der Waals surface area contributed by atoms with Gasteiger partial charge in [0.25, 0.3) is 0 Å². The third kappa shape index (κ3) is 2.84. The van der Waals surface area contributed by atoms with Gasteiger partial charge in [0.05, 0.1) is 6.04 Å². The van der Waals surface area contributed by atoms with Crippen LogP contribution in [0.4, 0.5) is 0 Å². The topological polar surface area (TPSA) is 68.8 Å². The Hall–Kier alpha value is -0.940. The summed E-state index contributed by atoms with van der Waals surface area (Å²) in [5, 5.41) is 12.1. The number of nitrogens with one attached hydrogen (secondary N) is 1. The van der Waals surface area contributed by atoms with Crippen molar-refractivity contribution in [3.8, 4) is 0 Å². The van der Waals surface area contributed by atoms with Crippen molar-refractivity contribution in [2.45, 2.75) is 58.2 Å². The van der Waals surface area contributed by atoms with E-state index in [-0.39, 0.29) is 6.04 Å². The van der Waals surface area contributed by atoms with Crippen LogP contribution in [-0.2, 0) is 13.0 Å². The van der Waals surface area contributed by atoms with E-state index >= 15 is 0 Å². The van der Waals surface area contributed by atoms with Crippen LogP contribution in [-0.4, -0.2) is 27.4 Å². The lowest BCUT2D eigenvalue weighted by atomic mass is 10.2. The zero-order valence-electron chi connectivity index (χ0n) is 10.8. The smallest absolute Gasteiger partial charge is 0.149 e. The number of hydrogen-bond donors (Lipinski definition) is 2. The Morgan fingerprint density at radius 3 is 2.88 bits per heavy atom. The normalized spacial score (nSPS) is 19.5. The molecule has 5 nitrogen and oxygen atoms in total. The molecule has 0 spiro atoms. The first-order chi connectivity index (χ1) is 8.22. The molecular formula is C12H23N5. The fourth-order valence-corrected chi connectivity index (χ4v) is 2.40. The van der Waals surface area contributed by atoms with Crippen molar-refractivity contribution in [3.63, 3.8) is 0 Å². The number of nitrogens with two attached hydrogens (primary N) is 1. The molecule has 0 fully saturated rings. The highest BCUT2D eigenvalue weighted by molar-refractivity contribution is 5.02. The van der Waals surface area contributed by atoms with Crippen LogP contribution in [0.25, 0.3) is 0 Å². The molecule has 2 unspecified atom stereocenters. The Kier molecular flexibility index (Phi) is 4.12. The Balaban J connectivity index is 2.12. The summed E-state index contributed by atoms with van der Waals surface area (Å²) in [4.78, 5) is 0. The summed E-state index contributed by atoms with van der Waals surface area (Å²) in [6.07, 6.45) is 4.83. The van der Waals surface area contributed by atoms with Crippen LogP contribution in [0.3, 0.4) is 0 Å². The largest absolute Gasteiger partial charge is 0.329 e. The third-order valence-corrected chi connectivity index (χ3v) is 3.41. The van der Waals surface area contributed by atoms with Gasteiger partial charge in [-0.2, -0.15) is 0 Å². The van der Waals surface area contributed by atoms with E-state index in [1.165, 1.54) is 19.3 Å². The molecule has 1 aliphatic heterocycles. The molecule has 2 rings (SSSR count). The highest BCUT2D eigenvalue weighted by Gasteiger charge is 2.19. The zero-order valence-corrected chi connectivity index (χ0v) is 10.8. The molecule has 0 radical (unpaired) electrons. The Morgan fingerprint density at radius 1 is 1.29 bits per heavy atom. The second-order valence-electron chi connectivity index (χ2n) is 4.96. The minimum absolute atomic E-state index is 0.216. The van der Waals surface area contributed by atoms with E-state index in [2.05, 4.69) is 33.9 Å². The maximum Gasteiger partial charge on any atom is 0.149 e. The van der Waals surface area contributed by atoms with Crippen molar-refractivity contribution in [1.82, 2.24) is 20.1 Å². The van der Waals surface area contributed by atoms with Crippen molar-refractivity contribution in [2.24, 2.45) is 5.73 Å². The molecule has 0 bridgehead atoms. The Bertz CT molecular complexity index is 360. The quantitative estimate of drug-likeness (QED) is 0.820. The molecule has 2 atom stereocenters. The van der Waals surface area contributed by atoms with E-state index in [9.17, 15) is 0 Å². The minimum Gasteiger partial charge on any atom is -0.329 e. The van der Waals surface area contributed by atoms with E-state index in [0.717, 1.165) is 24.6 Å². The molecule has 1 aliphatic rings. The number of hydrogen-bond acceptors (Lipinski definition) is 4. The SMILES string of the molecule is CC(CN)NC(C)c1nnc2n1CCCCC2. The summed E-state index contributed by atoms with van der Waals surface area (Å²) in [5.41, 5.74) is 5.63. The summed E-state index contributed by atoms with van der Waals surface area (Å²) in [5.74, 6) is 2.20. The first kappa shape index (κ1) is 12.5. The van der Waals surface area contributed by atoms with Crippen LogP contribution in [0.15, 0.2) is 0 Å². The summed E-state index contributed by atoms with van der Waals surface area (Å²) in [7, 11) is 0. The van der Waals surface area contributed by atoms with Gasteiger partial charge >= 0.3 is 0 Å². The summed E-state index contributed by atoms with van der Waals surface area (Å²) < 4.78 is 2.29. The first-order valence-corrected chi connectivity index (χ1v) is 6.60. The number of aryl methyl sites for hydroxylation is 1. The van der Waals surface area contributed by atoms with Crippen LogP contribution < -0.4 is 11.1 Å². The fraction of sp³-hybridized carbons (Fsp3) is 0.833. The van der Waals surface area contributed by atoms with E-state index < -0.39 is 0 Å². The van der Waals surface area contributed by atoms with Gasteiger partial charge in [-0.3, -0.25) is 0 Å². The summed E-state index contributed by atoms with van der Waals surface area (Å²) in [6, 6.07) is 0.525. The average Bonchev–Trinajstić information content (AvgIpc) is 2.58. The number of aromatic nitrogens is 3. The molecule has 0 saturated heterocycles. The van der Waals surface area contributed by atoms with Crippen LogP contribution >= 0.6 is 0 Å². The maximum absolute atomic E-state index is 5.63. The first-order valence-electron chi connectivity index (χ1n) is 6.60. The van der Waals surface area contributed by atoms with Gasteiger partial charge in [-0.15, -0.1) is 10.2 Å². The van der Waals surface area contributed by atoms with Gasteiger partial charge in [-0.05, 0) is 26.7 Å². The molecule has 0 aromatic carbocycles. The predicted octanol–water partition coefficient (Wildman–Crippen LogP) is 1.00. The zero-order chi connectivity index (χ0) is 12.3. The van der Waals surface area contributed by atoms with E-state index in [4.69, 9.17) is 5.73 Å². The lowest BCUT2D eigenvalue weighted by Gasteiger charge is -2.19. The van der Waals surface area contributed by atoms with E-state index in [1.54, 1.807) is 0 Å². The van der Waals surface area contributed by atoms with Crippen LogP contribution in [0, 0.1) is 0 Å². The molecule has 1 aromatic heterocycles. The molecule has 0 aliphatic carbocycles. The van der Waals surface area contributed by atoms with Crippen molar-refractivity contribution in [3.05, 3.63) is 11.6 Å². The fourth-order valence-electron chi connectivity index (χ4n) is 2.40. The number of rotatable bonds is 4. The molecule has 2 heterocycles. The lowest BCUT2D eigenvalue weighted by molar-refractivity contribution is 0.448. The van der Waals surface area contributed by atoms with E-state index in [0.29, 0.717) is 12.6 Å². The van der Waals surface area contributed by atoms with Crippen LogP contribution in [0.5, 0.6) is 0 Å². The predicted molar refractivity (Wildman–Crippen MR) is 67.6 cm³/mol.